The third kappa shape index (κ3) is 3.75. The molecule has 3 amide bonds. The van der Waals surface area contributed by atoms with E-state index in [1.807, 2.05) is 17.5 Å². The van der Waals surface area contributed by atoms with Crippen molar-refractivity contribution in [2.24, 2.45) is 0 Å². The third-order valence-corrected chi connectivity index (χ3v) is 6.36. The van der Waals surface area contributed by atoms with Gasteiger partial charge in [0.1, 0.15) is 25.3 Å². The fourth-order valence-corrected chi connectivity index (χ4v) is 4.61. The van der Waals surface area contributed by atoms with Gasteiger partial charge in [0.15, 0.2) is 11.5 Å². The zero-order valence-electron chi connectivity index (χ0n) is 17.6. The molecule has 0 bridgehead atoms. The topological polar surface area (TPSA) is 119 Å². The summed E-state index contributed by atoms with van der Waals surface area (Å²) >= 11 is 1.46. The number of ether oxygens (including phenoxy) is 2. The number of fused-ring (bicyclic) bond motifs is 2. The lowest BCUT2D eigenvalue weighted by Gasteiger charge is -2.26. The lowest BCUT2D eigenvalue weighted by Crippen LogP contribution is -2.42. The van der Waals surface area contributed by atoms with Crippen molar-refractivity contribution in [3.05, 3.63) is 80.0 Å². The molecule has 1 aromatic heterocycles. The van der Waals surface area contributed by atoms with Gasteiger partial charge >= 0.3 is 0 Å². The number of hydrogen-bond acceptors (Lipinski definition) is 8. The van der Waals surface area contributed by atoms with Crippen LogP contribution in [0.4, 0.5) is 11.4 Å². The minimum atomic E-state index is -0.862. The van der Waals surface area contributed by atoms with Crippen molar-refractivity contribution in [2.45, 2.75) is 6.54 Å². The Bertz CT molecular complexity index is 1320. The van der Waals surface area contributed by atoms with Crippen molar-refractivity contribution in [2.75, 3.05) is 24.7 Å². The standard InChI is InChI=1S/C23H17N3O7S/c27-20(13-25-22(28)16-4-1-5-17(26(30)31)21(16)23(25)29)24(12-15-3-2-10-34-15)14-6-7-18-19(11-14)33-9-8-32-18/h1-7,10-11H,8-9,12-13H2. The third-order valence-electron chi connectivity index (χ3n) is 5.50. The number of carbonyl (C=O) groups is 3. The number of nitro groups is 1. The molecule has 0 atom stereocenters. The van der Waals surface area contributed by atoms with Crippen molar-refractivity contribution >= 4 is 40.4 Å². The average Bonchev–Trinajstić information content (AvgIpc) is 3.45. The van der Waals surface area contributed by atoms with Crippen LogP contribution in [0.1, 0.15) is 25.6 Å². The van der Waals surface area contributed by atoms with Gasteiger partial charge in [-0.25, -0.2) is 0 Å². The number of hydrogen-bond donors (Lipinski definition) is 0. The van der Waals surface area contributed by atoms with Crippen LogP contribution in [-0.2, 0) is 11.3 Å². The Hall–Kier alpha value is -4.25. The van der Waals surface area contributed by atoms with E-state index in [-0.39, 0.29) is 17.7 Å². The monoisotopic (exact) mass is 479 g/mol. The normalized spacial score (nSPS) is 14.2. The van der Waals surface area contributed by atoms with E-state index in [9.17, 15) is 24.5 Å². The molecule has 0 saturated heterocycles. The highest BCUT2D eigenvalue weighted by Gasteiger charge is 2.42. The molecule has 0 N–H and O–H groups in total. The van der Waals surface area contributed by atoms with Crippen LogP contribution in [0.15, 0.2) is 53.9 Å². The van der Waals surface area contributed by atoms with E-state index in [2.05, 4.69) is 0 Å². The summed E-state index contributed by atoms with van der Waals surface area (Å²) in [5.74, 6) is -1.08. The van der Waals surface area contributed by atoms with E-state index in [4.69, 9.17) is 9.47 Å². The maximum atomic E-state index is 13.4. The summed E-state index contributed by atoms with van der Waals surface area (Å²) in [5.41, 5.74) is -0.344. The van der Waals surface area contributed by atoms with Crippen molar-refractivity contribution in [1.82, 2.24) is 4.90 Å². The van der Waals surface area contributed by atoms with Crippen molar-refractivity contribution in [1.29, 1.82) is 0 Å². The Morgan fingerprint density at radius 3 is 2.59 bits per heavy atom. The van der Waals surface area contributed by atoms with Crippen LogP contribution in [0.5, 0.6) is 11.5 Å². The van der Waals surface area contributed by atoms with Crippen LogP contribution in [0.25, 0.3) is 0 Å². The lowest BCUT2D eigenvalue weighted by molar-refractivity contribution is -0.385. The van der Waals surface area contributed by atoms with Crippen LogP contribution >= 0.6 is 11.3 Å². The minimum Gasteiger partial charge on any atom is -0.486 e. The highest BCUT2D eigenvalue weighted by Crippen LogP contribution is 2.35. The highest BCUT2D eigenvalue weighted by atomic mass is 32.1. The van der Waals surface area contributed by atoms with E-state index < -0.39 is 34.9 Å². The van der Waals surface area contributed by atoms with E-state index >= 15 is 0 Å². The molecule has 172 valence electrons. The molecule has 0 radical (unpaired) electrons. The van der Waals surface area contributed by atoms with Crippen molar-refractivity contribution in [3.63, 3.8) is 0 Å². The summed E-state index contributed by atoms with van der Waals surface area (Å²) in [5, 5.41) is 13.2. The maximum absolute atomic E-state index is 13.4. The fraction of sp³-hybridized carbons (Fsp3) is 0.174. The summed E-state index contributed by atoms with van der Waals surface area (Å²) < 4.78 is 11.2. The molecular formula is C23H17N3O7S. The van der Waals surface area contributed by atoms with Crippen LogP contribution in [0.2, 0.25) is 0 Å². The fourth-order valence-electron chi connectivity index (χ4n) is 3.91. The number of benzene rings is 2. The molecule has 11 heteroatoms. The molecular weight excluding hydrogens is 462 g/mol. The van der Waals surface area contributed by atoms with Crippen molar-refractivity contribution in [3.8, 4) is 11.5 Å². The predicted octanol–water partition coefficient (Wildman–Crippen LogP) is 3.26. The number of amides is 3. The molecule has 3 heterocycles. The first-order valence-electron chi connectivity index (χ1n) is 10.3. The Balaban J connectivity index is 1.45. The molecule has 0 saturated carbocycles. The van der Waals surface area contributed by atoms with Crippen LogP contribution in [0, 0.1) is 10.1 Å². The van der Waals surface area contributed by atoms with Crippen LogP contribution < -0.4 is 14.4 Å². The molecule has 2 aliphatic rings. The zero-order valence-corrected chi connectivity index (χ0v) is 18.4. The molecule has 2 aliphatic heterocycles. The first kappa shape index (κ1) is 21.6. The van der Waals surface area contributed by atoms with Crippen LogP contribution in [-0.4, -0.2) is 47.3 Å². The second-order valence-electron chi connectivity index (χ2n) is 7.54. The van der Waals surface area contributed by atoms with Gasteiger partial charge in [0.25, 0.3) is 17.5 Å². The lowest BCUT2D eigenvalue weighted by atomic mass is 10.1. The van der Waals surface area contributed by atoms with E-state index in [0.717, 1.165) is 15.8 Å². The number of nitro benzene ring substituents is 1. The van der Waals surface area contributed by atoms with Gasteiger partial charge in [0, 0.05) is 22.7 Å². The number of nitrogens with zero attached hydrogens (tertiary/aromatic N) is 3. The van der Waals surface area contributed by atoms with E-state index in [1.165, 1.54) is 28.4 Å². The highest BCUT2D eigenvalue weighted by molar-refractivity contribution is 7.09. The largest absolute Gasteiger partial charge is 0.486 e. The van der Waals surface area contributed by atoms with Gasteiger partial charge in [-0.1, -0.05) is 12.1 Å². The van der Waals surface area contributed by atoms with Gasteiger partial charge in [-0.3, -0.25) is 29.4 Å². The summed E-state index contributed by atoms with van der Waals surface area (Å²) in [4.78, 5) is 53.0. The quantitative estimate of drug-likeness (QED) is 0.302. The minimum absolute atomic E-state index is 0.0869. The van der Waals surface area contributed by atoms with Gasteiger partial charge in [-0.05, 0) is 29.6 Å². The van der Waals surface area contributed by atoms with Crippen molar-refractivity contribution < 1.29 is 28.8 Å². The Labute approximate surface area is 197 Å². The molecule has 5 rings (SSSR count). The Kier molecular flexibility index (Phi) is 5.46. The summed E-state index contributed by atoms with van der Waals surface area (Å²) in [6.45, 7) is 0.446. The van der Waals surface area contributed by atoms with E-state index in [0.29, 0.717) is 30.4 Å². The second-order valence-corrected chi connectivity index (χ2v) is 8.57. The van der Waals surface area contributed by atoms with Gasteiger partial charge < -0.3 is 14.4 Å². The maximum Gasteiger partial charge on any atom is 0.282 e. The second kappa shape index (κ2) is 8.60. The van der Waals surface area contributed by atoms with E-state index in [1.54, 1.807) is 18.2 Å². The summed E-state index contributed by atoms with van der Waals surface area (Å²) in [6, 6.07) is 12.6. The predicted molar refractivity (Wildman–Crippen MR) is 121 cm³/mol. The van der Waals surface area contributed by atoms with Gasteiger partial charge in [0.2, 0.25) is 5.91 Å². The molecule has 3 aromatic rings. The zero-order chi connectivity index (χ0) is 23.8. The number of rotatable bonds is 6. The molecule has 0 unspecified atom stereocenters. The Morgan fingerprint density at radius 1 is 1.06 bits per heavy atom. The van der Waals surface area contributed by atoms with Gasteiger partial charge in [0.05, 0.1) is 17.0 Å². The van der Waals surface area contributed by atoms with Crippen LogP contribution in [0.3, 0.4) is 0 Å². The number of imide groups is 1. The molecule has 0 aliphatic carbocycles. The van der Waals surface area contributed by atoms with Gasteiger partial charge in [-0.2, -0.15) is 0 Å². The van der Waals surface area contributed by atoms with Gasteiger partial charge in [-0.15, -0.1) is 11.3 Å². The SMILES string of the molecule is O=C1c2cccc([N+](=O)[O-])c2C(=O)N1CC(=O)N(Cc1cccs1)c1ccc2c(c1)OCCO2. The number of thiophene rings is 1. The molecule has 34 heavy (non-hydrogen) atoms. The first-order chi connectivity index (χ1) is 16.4. The average molecular weight is 479 g/mol. The summed E-state index contributed by atoms with van der Waals surface area (Å²) in [6.07, 6.45) is 0. The number of anilines is 1. The molecule has 2 aromatic carbocycles. The molecule has 0 fully saturated rings. The smallest absolute Gasteiger partial charge is 0.282 e. The molecule has 10 nitrogen and oxygen atoms in total. The summed E-state index contributed by atoms with van der Waals surface area (Å²) in [7, 11) is 0. The first-order valence-corrected chi connectivity index (χ1v) is 11.2. The molecule has 0 spiro atoms. The number of carbonyl (C=O) groups excluding carboxylic acids is 3. The Morgan fingerprint density at radius 2 is 1.85 bits per heavy atom.